The van der Waals surface area contributed by atoms with E-state index in [4.69, 9.17) is 0 Å². The number of hydrogen-bond donors (Lipinski definition) is 0. The largest absolute Gasteiger partial charge is 0.545 e. The van der Waals surface area contributed by atoms with E-state index in [1.54, 1.807) is 24.4 Å². The molecule has 3 heteroatoms. The summed E-state index contributed by atoms with van der Waals surface area (Å²) in [7, 11) is 0. The maximum Gasteiger partial charge on any atom is 0.0722 e. The van der Waals surface area contributed by atoms with Gasteiger partial charge in [-0.3, -0.25) is 4.98 Å². The number of carbonyl (C=O) groups excluding carboxylic acids is 1. The van der Waals surface area contributed by atoms with Gasteiger partial charge in [0.1, 0.15) is 0 Å². The number of rotatable bonds is 1. The zero-order valence-corrected chi connectivity index (χ0v) is 8.88. The first-order valence-corrected chi connectivity index (χ1v) is 5.25. The van der Waals surface area contributed by atoms with Crippen LogP contribution < -0.4 is 5.11 Å². The lowest BCUT2D eigenvalue weighted by Gasteiger charge is -2.09. The number of carboxylic acid groups (broad SMARTS) is 1. The minimum absolute atomic E-state index is 0.187. The summed E-state index contributed by atoms with van der Waals surface area (Å²) < 4.78 is 0. The van der Waals surface area contributed by atoms with Crippen molar-refractivity contribution in [2.24, 2.45) is 0 Å². The van der Waals surface area contributed by atoms with E-state index in [2.05, 4.69) is 4.98 Å². The van der Waals surface area contributed by atoms with Gasteiger partial charge < -0.3 is 9.90 Å². The molecule has 17 heavy (non-hydrogen) atoms. The van der Waals surface area contributed by atoms with Crippen LogP contribution in [0.25, 0.3) is 21.7 Å². The van der Waals surface area contributed by atoms with Crippen molar-refractivity contribution in [3.8, 4) is 0 Å². The second-order valence-electron chi connectivity index (χ2n) is 3.83. The number of aromatic carboxylic acids is 1. The van der Waals surface area contributed by atoms with E-state index in [1.165, 1.54) is 0 Å². The number of pyridine rings is 1. The van der Waals surface area contributed by atoms with Crippen LogP contribution in [0.3, 0.4) is 0 Å². The van der Waals surface area contributed by atoms with Crippen LogP contribution in [0.2, 0.25) is 0 Å². The number of fused-ring (bicyclic) bond motifs is 3. The molecule has 2 aromatic carbocycles. The molecule has 0 fully saturated rings. The monoisotopic (exact) mass is 222 g/mol. The number of carboxylic acids is 1. The van der Waals surface area contributed by atoms with E-state index in [0.717, 1.165) is 10.8 Å². The van der Waals surface area contributed by atoms with Gasteiger partial charge in [0, 0.05) is 22.5 Å². The molecule has 3 rings (SSSR count). The Kier molecular flexibility index (Phi) is 2.05. The third-order valence-corrected chi connectivity index (χ3v) is 2.84. The SMILES string of the molecule is O=C([O-])c1cccc2ncc3ccccc3c12. The van der Waals surface area contributed by atoms with E-state index in [1.807, 2.05) is 24.3 Å². The van der Waals surface area contributed by atoms with Gasteiger partial charge in [0.15, 0.2) is 0 Å². The number of nitrogens with zero attached hydrogens (tertiary/aromatic N) is 1. The fourth-order valence-electron chi connectivity index (χ4n) is 2.08. The normalized spacial score (nSPS) is 10.8. The van der Waals surface area contributed by atoms with Crippen molar-refractivity contribution >= 4 is 27.6 Å². The molecule has 3 nitrogen and oxygen atoms in total. The van der Waals surface area contributed by atoms with Crippen molar-refractivity contribution < 1.29 is 9.90 Å². The summed E-state index contributed by atoms with van der Waals surface area (Å²) >= 11 is 0. The molecular weight excluding hydrogens is 214 g/mol. The first-order chi connectivity index (χ1) is 8.27. The van der Waals surface area contributed by atoms with Gasteiger partial charge >= 0.3 is 0 Å². The van der Waals surface area contributed by atoms with Crippen molar-refractivity contribution in [2.45, 2.75) is 0 Å². The fourth-order valence-corrected chi connectivity index (χ4v) is 2.08. The van der Waals surface area contributed by atoms with Crippen LogP contribution in [0, 0.1) is 0 Å². The predicted molar refractivity (Wildman–Crippen MR) is 63.6 cm³/mol. The zero-order valence-electron chi connectivity index (χ0n) is 8.88. The Labute approximate surface area is 97.3 Å². The highest BCUT2D eigenvalue weighted by molar-refractivity contribution is 6.14. The standard InChI is InChI=1S/C14H9NO2/c16-14(17)11-6-3-7-12-13(11)10-5-2-1-4-9(10)8-15-12/h1-8H,(H,16,17)/p-1. The number of benzene rings is 2. The van der Waals surface area contributed by atoms with Gasteiger partial charge in [0.05, 0.1) is 11.5 Å². The first kappa shape index (κ1) is 9.78. The molecule has 1 aromatic heterocycles. The maximum absolute atomic E-state index is 11.1. The van der Waals surface area contributed by atoms with Crippen LogP contribution in [0.4, 0.5) is 0 Å². The quantitative estimate of drug-likeness (QED) is 0.589. The third kappa shape index (κ3) is 1.44. The highest BCUT2D eigenvalue weighted by Crippen LogP contribution is 2.26. The average Bonchev–Trinajstić information content (AvgIpc) is 2.37. The summed E-state index contributed by atoms with van der Waals surface area (Å²) in [5, 5.41) is 13.6. The van der Waals surface area contributed by atoms with Crippen molar-refractivity contribution in [3.05, 3.63) is 54.2 Å². The summed E-state index contributed by atoms with van der Waals surface area (Å²) in [6.07, 6.45) is 1.75. The molecule has 0 aliphatic carbocycles. The second kappa shape index (κ2) is 3.56. The number of carbonyl (C=O) groups is 1. The number of hydrogen-bond acceptors (Lipinski definition) is 3. The Morgan fingerprint density at radius 2 is 1.88 bits per heavy atom. The molecule has 0 spiro atoms. The lowest BCUT2D eigenvalue weighted by atomic mass is 10.0. The van der Waals surface area contributed by atoms with Crippen LogP contribution in [0.1, 0.15) is 10.4 Å². The summed E-state index contributed by atoms with van der Waals surface area (Å²) in [5.41, 5.74) is 0.859. The topological polar surface area (TPSA) is 53.0 Å². The van der Waals surface area contributed by atoms with Gasteiger partial charge in [-0.1, -0.05) is 36.4 Å². The molecule has 0 unspecified atom stereocenters. The Hall–Kier alpha value is -2.42. The molecule has 0 N–H and O–H groups in total. The van der Waals surface area contributed by atoms with E-state index in [-0.39, 0.29) is 5.56 Å². The summed E-state index contributed by atoms with van der Waals surface area (Å²) in [4.78, 5) is 15.4. The molecule has 0 amide bonds. The van der Waals surface area contributed by atoms with Gasteiger partial charge in [-0.25, -0.2) is 0 Å². The second-order valence-corrected chi connectivity index (χ2v) is 3.83. The van der Waals surface area contributed by atoms with E-state index >= 15 is 0 Å². The van der Waals surface area contributed by atoms with Crippen LogP contribution >= 0.6 is 0 Å². The molecule has 0 aliphatic heterocycles. The minimum atomic E-state index is -1.17. The van der Waals surface area contributed by atoms with Crippen LogP contribution in [0.15, 0.2) is 48.7 Å². The molecule has 0 aliphatic rings. The first-order valence-electron chi connectivity index (χ1n) is 5.25. The van der Waals surface area contributed by atoms with Crippen LogP contribution in [-0.2, 0) is 0 Å². The average molecular weight is 222 g/mol. The zero-order chi connectivity index (χ0) is 11.8. The lowest BCUT2D eigenvalue weighted by molar-refractivity contribution is -0.254. The van der Waals surface area contributed by atoms with E-state index in [0.29, 0.717) is 10.9 Å². The van der Waals surface area contributed by atoms with Crippen molar-refractivity contribution in [3.63, 3.8) is 0 Å². The molecule has 0 saturated carbocycles. The van der Waals surface area contributed by atoms with Crippen LogP contribution in [0.5, 0.6) is 0 Å². The molecule has 0 radical (unpaired) electrons. The number of aromatic nitrogens is 1. The Balaban J connectivity index is 2.59. The molecule has 0 saturated heterocycles. The molecule has 1 heterocycles. The predicted octanol–water partition coefficient (Wildman–Crippen LogP) is 1.75. The summed E-state index contributed by atoms with van der Waals surface area (Å²) in [6.45, 7) is 0. The van der Waals surface area contributed by atoms with Crippen molar-refractivity contribution in [2.75, 3.05) is 0 Å². The smallest absolute Gasteiger partial charge is 0.0722 e. The van der Waals surface area contributed by atoms with E-state index < -0.39 is 5.97 Å². The minimum Gasteiger partial charge on any atom is -0.545 e. The Morgan fingerprint density at radius 3 is 2.71 bits per heavy atom. The molecule has 0 bridgehead atoms. The molecule has 0 atom stereocenters. The summed E-state index contributed by atoms with van der Waals surface area (Å²) in [5.74, 6) is -1.17. The maximum atomic E-state index is 11.1. The van der Waals surface area contributed by atoms with Crippen LogP contribution in [-0.4, -0.2) is 11.0 Å². The van der Waals surface area contributed by atoms with Gasteiger partial charge in [0.2, 0.25) is 0 Å². The summed E-state index contributed by atoms with van der Waals surface area (Å²) in [6, 6.07) is 12.6. The molecule has 3 aromatic rings. The van der Waals surface area contributed by atoms with Gasteiger partial charge in [-0.15, -0.1) is 0 Å². The van der Waals surface area contributed by atoms with Gasteiger partial charge in [-0.05, 0) is 11.5 Å². The highest BCUT2D eigenvalue weighted by Gasteiger charge is 2.06. The van der Waals surface area contributed by atoms with Crippen molar-refractivity contribution in [1.29, 1.82) is 0 Å². The highest BCUT2D eigenvalue weighted by atomic mass is 16.4. The van der Waals surface area contributed by atoms with E-state index in [9.17, 15) is 9.90 Å². The third-order valence-electron chi connectivity index (χ3n) is 2.84. The fraction of sp³-hybridized carbons (Fsp3) is 0. The van der Waals surface area contributed by atoms with Gasteiger partial charge in [0.25, 0.3) is 0 Å². The molecule has 82 valence electrons. The van der Waals surface area contributed by atoms with Crippen molar-refractivity contribution in [1.82, 2.24) is 4.98 Å². The molecular formula is C14H8NO2-. The Bertz CT molecular complexity index is 734. The Morgan fingerprint density at radius 1 is 1.06 bits per heavy atom. The lowest BCUT2D eigenvalue weighted by Crippen LogP contribution is -2.22. The van der Waals surface area contributed by atoms with Gasteiger partial charge in [-0.2, -0.15) is 0 Å².